The number of aliphatic hydroxyl groups excluding tert-OH is 1. The number of nitrogens with two attached hydrogens (primary N) is 1. The molecule has 2 unspecified atom stereocenters. The van der Waals surface area contributed by atoms with Gasteiger partial charge in [-0.15, -0.1) is 0 Å². The molecule has 1 amide bonds. The summed E-state index contributed by atoms with van der Waals surface area (Å²) in [6, 6.07) is 5.58. The van der Waals surface area contributed by atoms with Gasteiger partial charge in [0.15, 0.2) is 0 Å². The molecule has 2 aliphatic heterocycles. The summed E-state index contributed by atoms with van der Waals surface area (Å²) in [5.41, 5.74) is 7.13. The van der Waals surface area contributed by atoms with E-state index >= 15 is 0 Å². The van der Waals surface area contributed by atoms with E-state index < -0.39 is 11.8 Å². The molecule has 2 saturated heterocycles. The Labute approximate surface area is 239 Å². The zero-order chi connectivity index (χ0) is 29.0. The maximum Gasteiger partial charge on any atom is 0.250 e. The number of alkyl halides is 2. The molecule has 2 fully saturated rings. The molecule has 41 heavy (non-hydrogen) atoms. The van der Waals surface area contributed by atoms with Crippen molar-refractivity contribution in [1.29, 1.82) is 0 Å². The number of nitrogens with zero attached hydrogens (tertiary/aromatic N) is 4. The van der Waals surface area contributed by atoms with E-state index in [9.17, 15) is 18.7 Å². The van der Waals surface area contributed by atoms with Crippen molar-refractivity contribution >= 4 is 23.0 Å². The molecule has 2 aromatic rings. The van der Waals surface area contributed by atoms with Crippen LogP contribution in [0.25, 0.3) is 5.57 Å². The third-order valence-corrected chi connectivity index (χ3v) is 8.32. The average molecular weight is 568 g/mol. The molecule has 0 aromatic carbocycles. The van der Waals surface area contributed by atoms with Gasteiger partial charge in [0.25, 0.3) is 5.92 Å². The van der Waals surface area contributed by atoms with E-state index in [4.69, 9.17) is 5.84 Å². The Morgan fingerprint density at radius 2 is 1.93 bits per heavy atom. The minimum atomic E-state index is -2.57. The van der Waals surface area contributed by atoms with E-state index in [-0.39, 0.29) is 30.9 Å². The standard InChI is InChI=1S/C30H39F2N7O2/c1-20(29(41)36-24-3-5-28(35-18-24)39-10-6-25(40)7-11-39)26-15-22(2-4-27(26)37-33)23-14-21(16-34-17-23)19-38-12-8-30(31,32)9-13-38/h2-3,5,14-18,20,25,27,37,40H,4,6-13,19,33H2,1H3,(H,36,41). The van der Waals surface area contributed by atoms with E-state index in [1.807, 2.05) is 36.1 Å². The molecule has 220 valence electrons. The van der Waals surface area contributed by atoms with Gasteiger partial charge in [-0.05, 0) is 66.7 Å². The highest BCUT2D eigenvalue weighted by Crippen LogP contribution is 2.32. The largest absolute Gasteiger partial charge is 0.393 e. The fourth-order valence-corrected chi connectivity index (χ4v) is 5.68. The van der Waals surface area contributed by atoms with E-state index in [1.165, 1.54) is 0 Å². The van der Waals surface area contributed by atoms with Crippen LogP contribution in [-0.2, 0) is 11.3 Å². The third kappa shape index (κ3) is 7.34. The van der Waals surface area contributed by atoms with Gasteiger partial charge in [-0.2, -0.15) is 0 Å². The van der Waals surface area contributed by atoms with Crippen molar-refractivity contribution < 1.29 is 18.7 Å². The highest BCUT2D eigenvalue weighted by molar-refractivity contribution is 5.95. The van der Waals surface area contributed by atoms with Crippen LogP contribution in [0.5, 0.6) is 0 Å². The number of amides is 1. The Morgan fingerprint density at radius 1 is 1.17 bits per heavy atom. The summed E-state index contributed by atoms with van der Waals surface area (Å²) in [6.45, 7) is 4.66. The van der Waals surface area contributed by atoms with Crippen LogP contribution in [-0.4, -0.2) is 70.1 Å². The van der Waals surface area contributed by atoms with Crippen molar-refractivity contribution in [3.8, 4) is 0 Å². The molecule has 2 aromatic heterocycles. The summed E-state index contributed by atoms with van der Waals surface area (Å²) in [4.78, 5) is 26.4. The van der Waals surface area contributed by atoms with Gasteiger partial charge < -0.3 is 15.3 Å². The second-order valence-corrected chi connectivity index (χ2v) is 11.3. The van der Waals surface area contributed by atoms with E-state index in [0.717, 1.165) is 54.0 Å². The normalized spacial score (nSPS) is 22.6. The van der Waals surface area contributed by atoms with Gasteiger partial charge in [0.05, 0.1) is 23.9 Å². The monoisotopic (exact) mass is 567 g/mol. The van der Waals surface area contributed by atoms with Gasteiger partial charge >= 0.3 is 0 Å². The second kappa shape index (κ2) is 12.7. The number of aliphatic hydroxyl groups is 1. The number of hydrogen-bond acceptors (Lipinski definition) is 8. The van der Waals surface area contributed by atoms with Gasteiger partial charge in [0.1, 0.15) is 5.82 Å². The van der Waals surface area contributed by atoms with Crippen molar-refractivity contribution in [3.63, 3.8) is 0 Å². The molecule has 0 bridgehead atoms. The molecule has 5 N–H and O–H groups in total. The van der Waals surface area contributed by atoms with Crippen molar-refractivity contribution in [2.45, 2.75) is 63.6 Å². The second-order valence-electron chi connectivity index (χ2n) is 11.3. The lowest BCUT2D eigenvalue weighted by Crippen LogP contribution is -2.41. The Morgan fingerprint density at radius 3 is 2.61 bits per heavy atom. The van der Waals surface area contributed by atoms with Crippen molar-refractivity contribution in [2.75, 3.05) is 36.4 Å². The first kappa shape index (κ1) is 29.2. The molecular weight excluding hydrogens is 528 g/mol. The zero-order valence-electron chi connectivity index (χ0n) is 23.4. The number of pyridine rings is 2. The molecule has 4 heterocycles. The van der Waals surface area contributed by atoms with Gasteiger partial charge in [-0.3, -0.25) is 25.9 Å². The summed E-state index contributed by atoms with van der Waals surface area (Å²) < 4.78 is 27.1. The lowest BCUT2D eigenvalue weighted by Gasteiger charge is -2.31. The zero-order valence-corrected chi connectivity index (χ0v) is 23.4. The Kier molecular flexibility index (Phi) is 9.08. The molecule has 5 rings (SSSR count). The summed E-state index contributed by atoms with van der Waals surface area (Å²) in [6.07, 6.45) is 10.9. The maximum absolute atomic E-state index is 13.6. The summed E-state index contributed by atoms with van der Waals surface area (Å²) in [5.74, 6) is 3.49. The summed E-state index contributed by atoms with van der Waals surface area (Å²) in [5, 5.41) is 12.7. The highest BCUT2D eigenvalue weighted by Gasteiger charge is 2.34. The van der Waals surface area contributed by atoms with Crippen LogP contribution < -0.4 is 21.5 Å². The number of nitrogens with one attached hydrogen (secondary N) is 2. The van der Waals surface area contributed by atoms with Gasteiger partial charge in [0.2, 0.25) is 5.91 Å². The molecule has 2 atom stereocenters. The minimum Gasteiger partial charge on any atom is -0.393 e. The summed E-state index contributed by atoms with van der Waals surface area (Å²) in [7, 11) is 0. The van der Waals surface area contributed by atoms with Crippen LogP contribution in [0.4, 0.5) is 20.3 Å². The average Bonchev–Trinajstić information content (AvgIpc) is 2.98. The van der Waals surface area contributed by atoms with Gasteiger partial charge in [-0.25, -0.2) is 13.8 Å². The molecule has 1 aliphatic carbocycles. The molecule has 9 nitrogen and oxygen atoms in total. The van der Waals surface area contributed by atoms with E-state index in [1.54, 1.807) is 18.6 Å². The predicted molar refractivity (Wildman–Crippen MR) is 155 cm³/mol. The summed E-state index contributed by atoms with van der Waals surface area (Å²) >= 11 is 0. The first-order valence-corrected chi connectivity index (χ1v) is 14.3. The SMILES string of the molecule is CC(C(=O)Nc1ccc(N2CCC(O)CC2)nc1)C1=CC(c2cncc(CN3CCC(F)(F)CC3)c2)=CCC1NN. The quantitative estimate of drug-likeness (QED) is 0.283. The lowest BCUT2D eigenvalue weighted by atomic mass is 9.84. The molecule has 0 spiro atoms. The number of halogens is 2. The first-order valence-electron chi connectivity index (χ1n) is 14.3. The Bertz CT molecular complexity index is 1270. The third-order valence-electron chi connectivity index (χ3n) is 8.32. The number of likely N-dealkylation sites (tertiary alicyclic amines) is 1. The molecule has 3 aliphatic rings. The Hall–Kier alpha value is -3.25. The molecule has 11 heteroatoms. The number of piperidine rings is 2. The fraction of sp³-hybridized carbons (Fsp3) is 0.500. The number of allylic oxidation sites excluding steroid dienone is 2. The predicted octanol–water partition coefficient (Wildman–Crippen LogP) is 3.49. The number of aromatic nitrogens is 2. The lowest BCUT2D eigenvalue weighted by molar-refractivity contribution is -0.118. The first-order chi connectivity index (χ1) is 19.7. The van der Waals surface area contributed by atoms with E-state index in [2.05, 4.69) is 31.7 Å². The number of anilines is 2. The minimum absolute atomic E-state index is 0.117. The topological polar surface area (TPSA) is 120 Å². The smallest absolute Gasteiger partial charge is 0.250 e. The van der Waals surface area contributed by atoms with Crippen molar-refractivity contribution in [3.05, 3.63) is 65.6 Å². The highest BCUT2D eigenvalue weighted by atomic mass is 19.3. The van der Waals surface area contributed by atoms with E-state index in [0.29, 0.717) is 31.7 Å². The van der Waals surface area contributed by atoms with Crippen LogP contribution in [0.2, 0.25) is 0 Å². The molecular formula is C30H39F2N7O2. The van der Waals surface area contributed by atoms with Gasteiger partial charge in [-0.1, -0.05) is 12.2 Å². The number of carbonyl (C=O) groups is 1. The van der Waals surface area contributed by atoms with Crippen LogP contribution >= 0.6 is 0 Å². The Balaban J connectivity index is 1.24. The number of hydrazine groups is 1. The van der Waals surface area contributed by atoms with Crippen molar-refractivity contribution in [2.24, 2.45) is 11.8 Å². The van der Waals surface area contributed by atoms with Crippen molar-refractivity contribution in [1.82, 2.24) is 20.3 Å². The number of hydrogen-bond donors (Lipinski definition) is 4. The maximum atomic E-state index is 13.6. The molecule has 0 radical (unpaired) electrons. The number of rotatable bonds is 8. The van der Waals surface area contributed by atoms with Crippen LogP contribution in [0.3, 0.4) is 0 Å². The van der Waals surface area contributed by atoms with Crippen LogP contribution in [0, 0.1) is 5.92 Å². The number of carbonyl (C=O) groups excluding carboxylic acids is 1. The fourth-order valence-electron chi connectivity index (χ4n) is 5.68. The molecule has 0 saturated carbocycles. The van der Waals surface area contributed by atoms with Crippen LogP contribution in [0.1, 0.15) is 50.2 Å². The van der Waals surface area contributed by atoms with Crippen LogP contribution in [0.15, 0.2) is 54.5 Å². The van der Waals surface area contributed by atoms with Gasteiger partial charge in [0, 0.05) is 64.0 Å².